The second-order valence-electron chi connectivity index (χ2n) is 6.58. The molecule has 0 spiro atoms. The Morgan fingerprint density at radius 3 is 2.64 bits per heavy atom. The summed E-state index contributed by atoms with van der Waals surface area (Å²) in [6.45, 7) is 0. The number of nitrogens with zero attached hydrogens (tertiary/aromatic N) is 2. The van der Waals surface area contributed by atoms with Crippen molar-refractivity contribution in [2.75, 3.05) is 12.4 Å². The zero-order valence-electron chi connectivity index (χ0n) is 15.4. The standard InChI is InChI=1S/C21H19N3O3S/c1-27-20(26)17-8-4-7-16(22-17)19(25)24-21-23-18(12-28-21)15-10-9-13-5-2-3-6-14(13)11-15/h4,7-12H,2-3,5-6H2,1H3,(H,23,24,25). The third-order valence-corrected chi connectivity index (χ3v) is 5.50. The van der Waals surface area contributed by atoms with Crippen LogP contribution in [0.1, 0.15) is 44.9 Å². The molecule has 0 fully saturated rings. The fourth-order valence-electron chi connectivity index (χ4n) is 3.30. The Labute approximate surface area is 166 Å². The second kappa shape index (κ2) is 7.90. The monoisotopic (exact) mass is 393 g/mol. The van der Waals surface area contributed by atoms with Crippen molar-refractivity contribution >= 4 is 28.3 Å². The maximum atomic E-state index is 12.5. The summed E-state index contributed by atoms with van der Waals surface area (Å²) in [6, 6.07) is 11.1. The summed E-state index contributed by atoms with van der Waals surface area (Å²) in [5, 5.41) is 5.17. The minimum absolute atomic E-state index is 0.0871. The number of hydrogen-bond donors (Lipinski definition) is 1. The average Bonchev–Trinajstić information content (AvgIpc) is 3.21. The van der Waals surface area contributed by atoms with Gasteiger partial charge in [-0.2, -0.15) is 0 Å². The lowest BCUT2D eigenvalue weighted by Gasteiger charge is -2.16. The molecule has 2 heterocycles. The van der Waals surface area contributed by atoms with E-state index in [0.717, 1.165) is 24.1 Å². The maximum Gasteiger partial charge on any atom is 0.356 e. The van der Waals surface area contributed by atoms with Crippen LogP contribution in [0, 0.1) is 0 Å². The molecule has 1 N–H and O–H groups in total. The van der Waals surface area contributed by atoms with Crippen molar-refractivity contribution in [3.05, 3.63) is 64.3 Å². The minimum Gasteiger partial charge on any atom is -0.464 e. The lowest BCUT2D eigenvalue weighted by atomic mass is 9.90. The van der Waals surface area contributed by atoms with Gasteiger partial charge in [0.15, 0.2) is 5.13 Å². The number of carbonyl (C=O) groups excluding carboxylic acids is 2. The van der Waals surface area contributed by atoms with E-state index in [0.29, 0.717) is 5.13 Å². The normalized spacial score (nSPS) is 12.9. The Hall–Kier alpha value is -3.06. The van der Waals surface area contributed by atoms with Gasteiger partial charge in [-0.15, -0.1) is 11.3 Å². The quantitative estimate of drug-likeness (QED) is 0.674. The van der Waals surface area contributed by atoms with Gasteiger partial charge < -0.3 is 4.74 Å². The third-order valence-electron chi connectivity index (χ3n) is 4.75. The molecule has 6 nitrogen and oxygen atoms in total. The van der Waals surface area contributed by atoms with E-state index in [-0.39, 0.29) is 11.4 Å². The number of hydrogen-bond acceptors (Lipinski definition) is 6. The molecule has 1 amide bonds. The Bertz CT molecular complexity index is 1040. The summed E-state index contributed by atoms with van der Waals surface area (Å²) in [6.07, 6.45) is 4.74. The largest absolute Gasteiger partial charge is 0.464 e. The Morgan fingerprint density at radius 1 is 1.04 bits per heavy atom. The summed E-state index contributed by atoms with van der Waals surface area (Å²) < 4.78 is 4.64. The van der Waals surface area contributed by atoms with E-state index >= 15 is 0 Å². The number of nitrogens with one attached hydrogen (secondary N) is 1. The van der Waals surface area contributed by atoms with E-state index < -0.39 is 11.9 Å². The first-order chi connectivity index (χ1) is 13.6. The SMILES string of the molecule is COC(=O)c1cccc(C(=O)Nc2nc(-c3ccc4c(c3)CCCC4)cs2)n1. The van der Waals surface area contributed by atoms with Crippen molar-refractivity contribution in [2.45, 2.75) is 25.7 Å². The number of ether oxygens (including phenoxy) is 1. The van der Waals surface area contributed by atoms with E-state index in [9.17, 15) is 9.59 Å². The van der Waals surface area contributed by atoms with Crippen LogP contribution < -0.4 is 5.32 Å². The first-order valence-electron chi connectivity index (χ1n) is 9.08. The molecule has 0 saturated carbocycles. The highest BCUT2D eigenvalue weighted by Gasteiger charge is 2.15. The topological polar surface area (TPSA) is 81.2 Å². The van der Waals surface area contributed by atoms with Crippen LogP contribution >= 0.6 is 11.3 Å². The number of fused-ring (bicyclic) bond motifs is 1. The first-order valence-corrected chi connectivity index (χ1v) is 9.96. The number of aryl methyl sites for hydroxylation is 2. The van der Waals surface area contributed by atoms with Crippen molar-refractivity contribution in [1.29, 1.82) is 0 Å². The molecule has 1 aliphatic rings. The average molecular weight is 393 g/mol. The fraction of sp³-hybridized carbons (Fsp3) is 0.238. The second-order valence-corrected chi connectivity index (χ2v) is 7.44. The molecule has 1 aliphatic carbocycles. The number of pyridine rings is 1. The molecular weight excluding hydrogens is 374 g/mol. The lowest BCUT2D eigenvalue weighted by molar-refractivity contribution is 0.0594. The Balaban J connectivity index is 1.51. The smallest absolute Gasteiger partial charge is 0.356 e. The van der Waals surface area contributed by atoms with Crippen LogP contribution in [-0.4, -0.2) is 29.0 Å². The van der Waals surface area contributed by atoms with Crippen LogP contribution in [0.2, 0.25) is 0 Å². The van der Waals surface area contributed by atoms with E-state index in [1.807, 2.05) is 5.38 Å². The number of esters is 1. The van der Waals surface area contributed by atoms with E-state index in [1.54, 1.807) is 12.1 Å². The molecular formula is C21H19N3O3S. The van der Waals surface area contributed by atoms with E-state index in [2.05, 4.69) is 38.2 Å². The lowest BCUT2D eigenvalue weighted by Crippen LogP contribution is -2.15. The molecule has 1 aromatic carbocycles. The van der Waals surface area contributed by atoms with Gasteiger partial charge in [0.25, 0.3) is 5.91 Å². The zero-order valence-corrected chi connectivity index (χ0v) is 16.2. The van der Waals surface area contributed by atoms with Gasteiger partial charge in [-0.05, 0) is 55.0 Å². The van der Waals surface area contributed by atoms with Gasteiger partial charge in [0.2, 0.25) is 0 Å². The molecule has 0 aliphatic heterocycles. The van der Waals surface area contributed by atoms with Crippen LogP contribution in [0.3, 0.4) is 0 Å². The number of anilines is 1. The van der Waals surface area contributed by atoms with E-state index in [4.69, 9.17) is 0 Å². The van der Waals surface area contributed by atoms with Gasteiger partial charge in [0.1, 0.15) is 11.4 Å². The van der Waals surface area contributed by atoms with Gasteiger partial charge in [0.05, 0.1) is 12.8 Å². The summed E-state index contributed by atoms with van der Waals surface area (Å²) in [5.74, 6) is -1.00. The van der Waals surface area contributed by atoms with Crippen LogP contribution in [0.25, 0.3) is 11.3 Å². The highest BCUT2D eigenvalue weighted by molar-refractivity contribution is 7.14. The highest BCUT2D eigenvalue weighted by atomic mass is 32.1. The van der Waals surface area contributed by atoms with Crippen molar-refractivity contribution in [2.24, 2.45) is 0 Å². The van der Waals surface area contributed by atoms with Crippen molar-refractivity contribution < 1.29 is 14.3 Å². The van der Waals surface area contributed by atoms with Crippen LogP contribution in [-0.2, 0) is 17.6 Å². The molecule has 0 unspecified atom stereocenters. The minimum atomic E-state index is -0.585. The first kappa shape index (κ1) is 18.3. The van der Waals surface area contributed by atoms with Gasteiger partial charge >= 0.3 is 5.97 Å². The molecule has 142 valence electrons. The number of aromatic nitrogens is 2. The predicted molar refractivity (Wildman–Crippen MR) is 108 cm³/mol. The third kappa shape index (κ3) is 3.80. The number of thiazole rings is 1. The fourth-order valence-corrected chi connectivity index (χ4v) is 4.01. The molecule has 0 radical (unpaired) electrons. The van der Waals surface area contributed by atoms with Crippen LogP contribution in [0.15, 0.2) is 41.8 Å². The number of rotatable bonds is 4. The zero-order chi connectivity index (χ0) is 19.5. The van der Waals surface area contributed by atoms with Gasteiger partial charge in [-0.25, -0.2) is 14.8 Å². The number of amides is 1. The van der Waals surface area contributed by atoms with Gasteiger partial charge in [-0.1, -0.05) is 18.2 Å². The van der Waals surface area contributed by atoms with Crippen LogP contribution in [0.4, 0.5) is 5.13 Å². The molecule has 0 bridgehead atoms. The molecule has 4 rings (SSSR count). The van der Waals surface area contributed by atoms with Crippen molar-refractivity contribution in [3.63, 3.8) is 0 Å². The van der Waals surface area contributed by atoms with E-state index in [1.165, 1.54) is 48.5 Å². The Kier molecular flexibility index (Phi) is 5.16. The number of methoxy groups -OCH3 is 1. The molecule has 3 aromatic rings. The molecule has 7 heteroatoms. The summed E-state index contributed by atoms with van der Waals surface area (Å²) in [4.78, 5) is 32.6. The summed E-state index contributed by atoms with van der Waals surface area (Å²) in [7, 11) is 1.27. The number of carbonyl (C=O) groups is 2. The maximum absolute atomic E-state index is 12.5. The summed E-state index contributed by atoms with van der Waals surface area (Å²) in [5.41, 5.74) is 4.94. The van der Waals surface area contributed by atoms with Crippen molar-refractivity contribution in [3.8, 4) is 11.3 Å². The van der Waals surface area contributed by atoms with Crippen LogP contribution in [0.5, 0.6) is 0 Å². The Morgan fingerprint density at radius 2 is 1.82 bits per heavy atom. The van der Waals surface area contributed by atoms with Gasteiger partial charge in [0, 0.05) is 10.9 Å². The molecule has 0 atom stereocenters. The highest BCUT2D eigenvalue weighted by Crippen LogP contribution is 2.29. The van der Waals surface area contributed by atoms with Crippen molar-refractivity contribution in [1.82, 2.24) is 9.97 Å². The number of benzene rings is 1. The summed E-state index contributed by atoms with van der Waals surface area (Å²) >= 11 is 1.36. The van der Waals surface area contributed by atoms with Gasteiger partial charge in [-0.3, -0.25) is 10.1 Å². The molecule has 0 saturated heterocycles. The molecule has 28 heavy (non-hydrogen) atoms. The molecule has 2 aromatic heterocycles. The predicted octanol–water partition coefficient (Wildman–Crippen LogP) is 4.12.